The molecule has 1 atom stereocenters. The van der Waals surface area contributed by atoms with Crippen LogP contribution in [-0.2, 0) is 4.79 Å². The molecule has 0 bridgehead atoms. The molecular formula is C15H20N2O3. The molecule has 1 unspecified atom stereocenters. The van der Waals surface area contributed by atoms with Gasteiger partial charge in [-0.1, -0.05) is 26.0 Å². The third kappa shape index (κ3) is 2.48. The number of anilines is 1. The first-order valence-electron chi connectivity index (χ1n) is 6.73. The molecule has 5 heteroatoms. The number of nitrogen functional groups attached to an aromatic ring is 1. The van der Waals surface area contributed by atoms with Crippen molar-refractivity contribution in [3.05, 3.63) is 29.8 Å². The number of amides is 1. The lowest BCUT2D eigenvalue weighted by atomic mass is 9.76. The van der Waals surface area contributed by atoms with E-state index in [0.29, 0.717) is 17.8 Å². The summed E-state index contributed by atoms with van der Waals surface area (Å²) in [6, 6.07) is 5.95. The second-order valence-corrected chi connectivity index (χ2v) is 5.92. The van der Waals surface area contributed by atoms with Crippen LogP contribution in [0.5, 0.6) is 0 Å². The topological polar surface area (TPSA) is 83.6 Å². The molecule has 1 amide bonds. The number of hydrogen-bond acceptors (Lipinski definition) is 3. The Morgan fingerprint density at radius 3 is 2.60 bits per heavy atom. The molecule has 5 nitrogen and oxygen atoms in total. The Bertz CT molecular complexity index is 540. The minimum absolute atomic E-state index is 0.303. The number of carbonyl (C=O) groups excluding carboxylic acids is 1. The SMILES string of the molecule is CC1(C)CCCN(C(=O)c2ccccc2N)C1C(=O)O. The molecule has 1 aromatic carbocycles. The highest BCUT2D eigenvalue weighted by Gasteiger charge is 2.44. The van der Waals surface area contributed by atoms with Gasteiger partial charge >= 0.3 is 5.97 Å². The fraction of sp³-hybridized carbons (Fsp3) is 0.467. The molecule has 1 aromatic rings. The maximum absolute atomic E-state index is 12.6. The standard InChI is InChI=1S/C15H20N2O3/c1-15(2)8-5-9-17(12(15)14(19)20)13(18)10-6-3-4-7-11(10)16/h3-4,6-7,12H,5,8-9,16H2,1-2H3,(H,19,20). The number of carboxylic acids is 1. The second kappa shape index (κ2) is 5.15. The quantitative estimate of drug-likeness (QED) is 0.809. The number of piperidine rings is 1. The van der Waals surface area contributed by atoms with Gasteiger partial charge in [0.2, 0.25) is 0 Å². The van der Waals surface area contributed by atoms with Crippen molar-refractivity contribution in [2.75, 3.05) is 12.3 Å². The maximum atomic E-state index is 12.6. The third-order valence-corrected chi connectivity index (χ3v) is 3.96. The number of rotatable bonds is 2. The van der Waals surface area contributed by atoms with Gasteiger partial charge in [-0.25, -0.2) is 4.79 Å². The van der Waals surface area contributed by atoms with Gasteiger partial charge in [-0.2, -0.15) is 0 Å². The van der Waals surface area contributed by atoms with Crippen LogP contribution < -0.4 is 5.73 Å². The molecule has 1 aliphatic rings. The number of likely N-dealkylation sites (tertiary alicyclic amines) is 1. The first-order valence-corrected chi connectivity index (χ1v) is 6.73. The number of nitrogens with zero attached hydrogens (tertiary/aromatic N) is 1. The van der Waals surface area contributed by atoms with E-state index in [9.17, 15) is 14.7 Å². The maximum Gasteiger partial charge on any atom is 0.326 e. The van der Waals surface area contributed by atoms with Crippen molar-refractivity contribution in [1.82, 2.24) is 4.90 Å². The molecule has 3 N–H and O–H groups in total. The van der Waals surface area contributed by atoms with E-state index in [1.807, 2.05) is 13.8 Å². The first-order chi connectivity index (χ1) is 9.34. The van der Waals surface area contributed by atoms with Gasteiger partial charge < -0.3 is 15.7 Å². The molecule has 0 spiro atoms. The minimum atomic E-state index is -0.961. The van der Waals surface area contributed by atoms with Gasteiger partial charge in [-0.05, 0) is 30.4 Å². The van der Waals surface area contributed by atoms with E-state index >= 15 is 0 Å². The largest absolute Gasteiger partial charge is 0.480 e. The van der Waals surface area contributed by atoms with Crippen LogP contribution in [0, 0.1) is 5.41 Å². The van der Waals surface area contributed by atoms with Gasteiger partial charge in [-0.3, -0.25) is 4.79 Å². The van der Waals surface area contributed by atoms with Crippen molar-refractivity contribution >= 4 is 17.6 Å². The highest BCUT2D eigenvalue weighted by molar-refractivity contribution is 6.01. The summed E-state index contributed by atoms with van der Waals surface area (Å²) in [5, 5.41) is 9.48. The van der Waals surface area contributed by atoms with Gasteiger partial charge in [0.1, 0.15) is 6.04 Å². The van der Waals surface area contributed by atoms with Crippen LogP contribution in [0.4, 0.5) is 5.69 Å². The lowest BCUT2D eigenvalue weighted by Crippen LogP contribution is -2.56. The minimum Gasteiger partial charge on any atom is -0.480 e. The number of carbonyl (C=O) groups is 2. The van der Waals surface area contributed by atoms with E-state index in [-0.39, 0.29) is 5.91 Å². The molecule has 0 radical (unpaired) electrons. The number of nitrogens with two attached hydrogens (primary N) is 1. The summed E-state index contributed by atoms with van der Waals surface area (Å²) in [7, 11) is 0. The molecule has 1 heterocycles. The van der Waals surface area contributed by atoms with E-state index in [2.05, 4.69) is 0 Å². The van der Waals surface area contributed by atoms with Crippen LogP contribution in [0.15, 0.2) is 24.3 Å². The van der Waals surface area contributed by atoms with Crippen molar-refractivity contribution in [3.8, 4) is 0 Å². The molecular weight excluding hydrogens is 256 g/mol. The Morgan fingerprint density at radius 2 is 2.00 bits per heavy atom. The Hall–Kier alpha value is -2.04. The zero-order chi connectivity index (χ0) is 14.9. The van der Waals surface area contributed by atoms with Crippen molar-refractivity contribution in [3.63, 3.8) is 0 Å². The summed E-state index contributed by atoms with van der Waals surface area (Å²) in [5.74, 6) is -1.26. The summed E-state index contributed by atoms with van der Waals surface area (Å²) < 4.78 is 0. The van der Waals surface area contributed by atoms with Crippen LogP contribution in [0.3, 0.4) is 0 Å². The molecule has 20 heavy (non-hydrogen) atoms. The Morgan fingerprint density at radius 1 is 1.35 bits per heavy atom. The normalized spacial score (nSPS) is 21.5. The highest BCUT2D eigenvalue weighted by atomic mass is 16.4. The molecule has 108 valence electrons. The lowest BCUT2D eigenvalue weighted by Gasteiger charge is -2.44. The third-order valence-electron chi connectivity index (χ3n) is 3.96. The van der Waals surface area contributed by atoms with Crippen LogP contribution in [-0.4, -0.2) is 34.5 Å². The zero-order valence-electron chi connectivity index (χ0n) is 11.8. The van der Waals surface area contributed by atoms with Gasteiger partial charge in [-0.15, -0.1) is 0 Å². The van der Waals surface area contributed by atoms with Gasteiger partial charge in [0.05, 0.1) is 5.56 Å². The van der Waals surface area contributed by atoms with Crippen LogP contribution in [0.1, 0.15) is 37.0 Å². The van der Waals surface area contributed by atoms with Crippen molar-refractivity contribution < 1.29 is 14.7 Å². The number of carboxylic acid groups (broad SMARTS) is 1. The Kier molecular flexibility index (Phi) is 3.70. The average molecular weight is 276 g/mol. The van der Waals surface area contributed by atoms with E-state index in [1.165, 1.54) is 4.90 Å². The smallest absolute Gasteiger partial charge is 0.326 e. The molecule has 0 aromatic heterocycles. The molecule has 2 rings (SSSR count). The summed E-state index contributed by atoms with van der Waals surface area (Å²) in [4.78, 5) is 25.6. The molecule has 1 saturated heterocycles. The number of aliphatic carboxylic acids is 1. The predicted octanol–water partition coefficient (Wildman–Crippen LogP) is 1.98. The molecule has 0 aliphatic carbocycles. The number of benzene rings is 1. The summed E-state index contributed by atoms with van der Waals surface area (Å²) in [5.41, 5.74) is 6.13. The zero-order valence-corrected chi connectivity index (χ0v) is 11.8. The number of para-hydroxylation sites is 1. The summed E-state index contributed by atoms with van der Waals surface area (Å²) >= 11 is 0. The fourth-order valence-electron chi connectivity index (χ4n) is 2.93. The van der Waals surface area contributed by atoms with Crippen molar-refractivity contribution in [2.24, 2.45) is 5.41 Å². The van der Waals surface area contributed by atoms with Crippen molar-refractivity contribution in [2.45, 2.75) is 32.7 Å². The van der Waals surface area contributed by atoms with Gasteiger partial charge in [0, 0.05) is 12.2 Å². The molecule has 1 aliphatic heterocycles. The average Bonchev–Trinajstić information content (AvgIpc) is 2.36. The number of hydrogen-bond donors (Lipinski definition) is 2. The molecule has 0 saturated carbocycles. The van der Waals surface area contributed by atoms with E-state index in [0.717, 1.165) is 12.8 Å². The first kappa shape index (κ1) is 14.4. The van der Waals surface area contributed by atoms with Gasteiger partial charge in [0.25, 0.3) is 5.91 Å². The predicted molar refractivity (Wildman–Crippen MR) is 76.3 cm³/mol. The van der Waals surface area contributed by atoms with E-state index in [4.69, 9.17) is 5.73 Å². The molecule has 1 fully saturated rings. The van der Waals surface area contributed by atoms with Gasteiger partial charge in [0.15, 0.2) is 0 Å². The Labute approximate surface area is 118 Å². The van der Waals surface area contributed by atoms with Crippen LogP contribution in [0.2, 0.25) is 0 Å². The Balaban J connectivity index is 2.37. The monoisotopic (exact) mass is 276 g/mol. The van der Waals surface area contributed by atoms with Crippen molar-refractivity contribution in [1.29, 1.82) is 0 Å². The van der Waals surface area contributed by atoms with E-state index in [1.54, 1.807) is 24.3 Å². The second-order valence-electron chi connectivity index (χ2n) is 5.92. The summed E-state index contributed by atoms with van der Waals surface area (Å²) in [6.07, 6.45) is 1.59. The lowest BCUT2D eigenvalue weighted by molar-refractivity contribution is -0.148. The highest BCUT2D eigenvalue weighted by Crippen LogP contribution is 2.36. The van der Waals surface area contributed by atoms with E-state index < -0.39 is 17.4 Å². The van der Waals surface area contributed by atoms with Crippen LogP contribution >= 0.6 is 0 Å². The summed E-state index contributed by atoms with van der Waals surface area (Å²) in [6.45, 7) is 4.23. The van der Waals surface area contributed by atoms with Crippen LogP contribution in [0.25, 0.3) is 0 Å². The fourth-order valence-corrected chi connectivity index (χ4v) is 2.93.